The van der Waals surface area contributed by atoms with Gasteiger partial charge in [-0.15, -0.1) is 0 Å². The van der Waals surface area contributed by atoms with Crippen molar-refractivity contribution in [1.82, 2.24) is 4.57 Å². The van der Waals surface area contributed by atoms with Crippen LogP contribution in [-0.4, -0.2) is 4.57 Å². The third kappa shape index (κ3) is 2.48. The molecule has 0 bridgehead atoms. The normalized spacial score (nSPS) is 11.4. The Kier molecular flexibility index (Phi) is 3.54. The van der Waals surface area contributed by atoms with E-state index in [4.69, 9.17) is 0 Å². The molecule has 1 heterocycles. The Morgan fingerprint density at radius 3 is 2.03 bits per heavy atom. The molecule has 0 fully saturated rings. The van der Waals surface area contributed by atoms with Crippen molar-refractivity contribution in [3.8, 4) is 16.8 Å². The van der Waals surface area contributed by atoms with Crippen LogP contribution in [0.5, 0.6) is 0 Å². The molecule has 0 aliphatic rings. The zero-order chi connectivity index (χ0) is 19.2. The van der Waals surface area contributed by atoms with Crippen molar-refractivity contribution in [3.63, 3.8) is 0 Å². The van der Waals surface area contributed by atoms with Crippen molar-refractivity contribution in [1.29, 1.82) is 0 Å². The molecular weight excluding hydrogens is 350 g/mol. The molecule has 29 heavy (non-hydrogen) atoms. The van der Waals surface area contributed by atoms with Gasteiger partial charge < -0.3 is 4.57 Å². The van der Waals surface area contributed by atoms with Crippen LogP contribution in [0.25, 0.3) is 49.4 Å². The average Bonchev–Trinajstić information content (AvgIpc) is 3.13. The van der Waals surface area contributed by atoms with Gasteiger partial charge in [-0.2, -0.15) is 0 Å². The Balaban J connectivity index is 1.71. The van der Waals surface area contributed by atoms with Gasteiger partial charge in [-0.25, -0.2) is 0 Å². The van der Waals surface area contributed by atoms with Gasteiger partial charge in [0.2, 0.25) is 0 Å². The maximum atomic E-state index is 2.37. The van der Waals surface area contributed by atoms with Crippen LogP contribution in [-0.2, 0) is 0 Å². The number of hydrogen-bond acceptors (Lipinski definition) is 0. The molecule has 0 radical (unpaired) electrons. The van der Waals surface area contributed by atoms with Crippen LogP contribution in [0.1, 0.15) is 0 Å². The largest absolute Gasteiger partial charge is 0.309 e. The smallest absolute Gasteiger partial charge is 0.0547 e. The lowest BCUT2D eigenvalue weighted by molar-refractivity contribution is 1.18. The monoisotopic (exact) mass is 369 g/mol. The predicted molar refractivity (Wildman–Crippen MR) is 124 cm³/mol. The van der Waals surface area contributed by atoms with E-state index in [1.165, 1.54) is 49.4 Å². The first-order valence-electron chi connectivity index (χ1n) is 9.97. The summed E-state index contributed by atoms with van der Waals surface area (Å²) < 4.78 is 2.37. The Bertz CT molecular complexity index is 1480. The van der Waals surface area contributed by atoms with Gasteiger partial charge in [-0.05, 0) is 46.2 Å². The first kappa shape index (κ1) is 16.1. The molecule has 0 amide bonds. The van der Waals surface area contributed by atoms with Crippen molar-refractivity contribution in [2.75, 3.05) is 0 Å². The number of aromatic nitrogens is 1. The quantitative estimate of drug-likeness (QED) is 0.296. The van der Waals surface area contributed by atoms with Gasteiger partial charge in [0.25, 0.3) is 0 Å². The number of fused-ring (bicyclic) bond motifs is 4. The molecule has 1 heteroatoms. The predicted octanol–water partition coefficient (Wildman–Crippen LogP) is 7.60. The molecule has 0 unspecified atom stereocenters. The number of benzene rings is 5. The van der Waals surface area contributed by atoms with Crippen LogP contribution in [0.4, 0.5) is 0 Å². The standard InChI is InChI=1S/C28H19N/c1-2-11-22(12-3-1)29-27-16-7-6-14-25(27)26-18-17-21(19-28(26)29)24-15-8-10-20-9-4-5-13-23(20)24/h1-19H. The third-order valence-electron chi connectivity index (χ3n) is 5.79. The molecule has 0 saturated carbocycles. The van der Waals surface area contributed by atoms with Crippen molar-refractivity contribution >= 4 is 32.6 Å². The van der Waals surface area contributed by atoms with Crippen LogP contribution in [0.2, 0.25) is 0 Å². The van der Waals surface area contributed by atoms with Crippen LogP contribution in [0.15, 0.2) is 115 Å². The summed E-state index contributed by atoms with van der Waals surface area (Å²) in [5.41, 5.74) is 6.18. The van der Waals surface area contributed by atoms with Gasteiger partial charge in [-0.1, -0.05) is 91.0 Å². The highest BCUT2D eigenvalue weighted by Gasteiger charge is 2.13. The summed E-state index contributed by atoms with van der Waals surface area (Å²) in [5, 5.41) is 5.13. The summed E-state index contributed by atoms with van der Waals surface area (Å²) in [6.45, 7) is 0. The van der Waals surface area contributed by atoms with E-state index in [-0.39, 0.29) is 0 Å². The zero-order valence-electron chi connectivity index (χ0n) is 15.9. The van der Waals surface area contributed by atoms with E-state index < -0.39 is 0 Å². The Hall–Kier alpha value is -3.84. The maximum Gasteiger partial charge on any atom is 0.0547 e. The highest BCUT2D eigenvalue weighted by atomic mass is 15.0. The van der Waals surface area contributed by atoms with Gasteiger partial charge in [-0.3, -0.25) is 0 Å². The van der Waals surface area contributed by atoms with E-state index in [0.29, 0.717) is 0 Å². The molecule has 0 atom stereocenters. The van der Waals surface area contributed by atoms with Gasteiger partial charge in [0.1, 0.15) is 0 Å². The fourth-order valence-electron chi connectivity index (χ4n) is 4.47. The van der Waals surface area contributed by atoms with Gasteiger partial charge >= 0.3 is 0 Å². The van der Waals surface area contributed by atoms with Crippen molar-refractivity contribution in [2.45, 2.75) is 0 Å². The summed E-state index contributed by atoms with van der Waals surface area (Å²) in [5.74, 6) is 0. The lowest BCUT2D eigenvalue weighted by atomic mass is 9.97. The van der Waals surface area contributed by atoms with Gasteiger partial charge in [0.05, 0.1) is 11.0 Å². The van der Waals surface area contributed by atoms with Crippen LogP contribution < -0.4 is 0 Å². The summed E-state index contributed by atoms with van der Waals surface area (Å²) in [4.78, 5) is 0. The Morgan fingerprint density at radius 1 is 0.448 bits per heavy atom. The van der Waals surface area contributed by atoms with Crippen LogP contribution in [0, 0.1) is 0 Å². The molecule has 136 valence electrons. The fourth-order valence-corrected chi connectivity index (χ4v) is 4.47. The lowest BCUT2D eigenvalue weighted by Gasteiger charge is -2.10. The molecule has 1 aromatic heterocycles. The van der Waals surface area contributed by atoms with Gasteiger partial charge in [0.15, 0.2) is 0 Å². The minimum atomic E-state index is 1.19. The SMILES string of the molecule is c1ccc(-n2c3ccccc3c3ccc(-c4cccc5ccccc45)cc32)cc1. The zero-order valence-corrected chi connectivity index (χ0v) is 15.9. The van der Waals surface area contributed by atoms with Crippen molar-refractivity contribution in [3.05, 3.63) is 115 Å². The molecule has 0 aliphatic heterocycles. The van der Waals surface area contributed by atoms with E-state index in [1.54, 1.807) is 0 Å². The van der Waals surface area contributed by atoms with Crippen molar-refractivity contribution in [2.24, 2.45) is 0 Å². The summed E-state index contributed by atoms with van der Waals surface area (Å²) >= 11 is 0. The van der Waals surface area contributed by atoms with E-state index in [9.17, 15) is 0 Å². The molecule has 0 N–H and O–H groups in total. The second kappa shape index (κ2) is 6.35. The molecule has 0 saturated heterocycles. The maximum absolute atomic E-state index is 2.37. The highest BCUT2D eigenvalue weighted by molar-refractivity contribution is 6.11. The third-order valence-corrected chi connectivity index (χ3v) is 5.79. The fraction of sp³-hybridized carbons (Fsp3) is 0. The summed E-state index contributed by atoms with van der Waals surface area (Å²) in [7, 11) is 0. The van der Waals surface area contributed by atoms with E-state index >= 15 is 0 Å². The summed E-state index contributed by atoms with van der Waals surface area (Å²) in [6, 6.07) is 41.3. The summed E-state index contributed by atoms with van der Waals surface area (Å²) in [6.07, 6.45) is 0. The first-order valence-corrected chi connectivity index (χ1v) is 9.97. The number of hydrogen-bond donors (Lipinski definition) is 0. The average molecular weight is 369 g/mol. The molecular formula is C28H19N. The molecule has 1 nitrogen and oxygen atoms in total. The minimum absolute atomic E-state index is 1.19. The molecule has 0 aliphatic carbocycles. The Labute approximate surface area is 169 Å². The number of para-hydroxylation sites is 2. The van der Waals surface area contributed by atoms with Crippen LogP contribution in [0.3, 0.4) is 0 Å². The minimum Gasteiger partial charge on any atom is -0.309 e. The topological polar surface area (TPSA) is 4.93 Å². The van der Waals surface area contributed by atoms with Gasteiger partial charge in [0, 0.05) is 16.5 Å². The molecule has 6 aromatic rings. The van der Waals surface area contributed by atoms with Crippen molar-refractivity contribution < 1.29 is 0 Å². The molecule has 6 rings (SSSR count). The Morgan fingerprint density at radius 2 is 1.14 bits per heavy atom. The molecule has 0 spiro atoms. The first-order chi connectivity index (χ1) is 14.4. The van der Waals surface area contributed by atoms with E-state index in [2.05, 4.69) is 120 Å². The second-order valence-electron chi connectivity index (χ2n) is 7.45. The lowest BCUT2D eigenvalue weighted by Crippen LogP contribution is -1.93. The number of rotatable bonds is 2. The van der Waals surface area contributed by atoms with Crippen LogP contribution >= 0.6 is 0 Å². The highest BCUT2D eigenvalue weighted by Crippen LogP contribution is 2.36. The molecule has 5 aromatic carbocycles. The van der Waals surface area contributed by atoms with E-state index in [1.807, 2.05) is 0 Å². The number of nitrogens with zero attached hydrogens (tertiary/aromatic N) is 1. The van der Waals surface area contributed by atoms with E-state index in [0.717, 1.165) is 0 Å². The second-order valence-corrected chi connectivity index (χ2v) is 7.45.